The van der Waals surface area contributed by atoms with Crippen molar-refractivity contribution < 1.29 is 19.1 Å². The number of nitrogens with one attached hydrogen (secondary N) is 2. The summed E-state index contributed by atoms with van der Waals surface area (Å²) in [5, 5.41) is 14.0. The molecule has 0 saturated carbocycles. The monoisotopic (exact) mass is 609 g/mol. The van der Waals surface area contributed by atoms with Crippen LogP contribution in [0.3, 0.4) is 0 Å². The number of aromatic carboxylic acids is 1. The minimum absolute atomic E-state index is 0.0684. The average Bonchev–Trinajstić information content (AvgIpc) is 3.35. The van der Waals surface area contributed by atoms with E-state index in [0.717, 1.165) is 12.0 Å². The van der Waals surface area contributed by atoms with E-state index in [0.29, 0.717) is 45.0 Å². The number of amides is 1. The zero-order valence-electron chi connectivity index (χ0n) is 21.6. The van der Waals surface area contributed by atoms with Crippen molar-refractivity contribution in [1.29, 1.82) is 0 Å². The van der Waals surface area contributed by atoms with E-state index in [4.69, 9.17) is 34.8 Å². The number of carboxylic acid groups (broad SMARTS) is 1. The summed E-state index contributed by atoms with van der Waals surface area (Å²) in [6, 6.07) is 19.1. The van der Waals surface area contributed by atoms with Crippen LogP contribution in [0.4, 0.5) is 4.39 Å². The normalized spacial score (nSPS) is 11.9. The number of aromatic nitrogens is 2. The van der Waals surface area contributed by atoms with Crippen molar-refractivity contribution in [3.05, 3.63) is 110 Å². The number of hydrogen-bond acceptors (Lipinski definition) is 3. The molecule has 4 aromatic carbocycles. The third kappa shape index (κ3) is 5.93. The van der Waals surface area contributed by atoms with Crippen molar-refractivity contribution in [3.8, 4) is 22.5 Å². The number of halogens is 4. The fourth-order valence-corrected chi connectivity index (χ4v) is 5.32. The molecule has 41 heavy (non-hydrogen) atoms. The van der Waals surface area contributed by atoms with Gasteiger partial charge in [-0.2, -0.15) is 0 Å². The van der Waals surface area contributed by atoms with Crippen LogP contribution in [0, 0.1) is 5.82 Å². The molecule has 1 unspecified atom stereocenters. The van der Waals surface area contributed by atoms with Crippen LogP contribution >= 0.6 is 34.8 Å². The summed E-state index contributed by atoms with van der Waals surface area (Å²) in [7, 11) is 0. The van der Waals surface area contributed by atoms with Crippen molar-refractivity contribution in [2.75, 3.05) is 0 Å². The van der Waals surface area contributed by atoms with E-state index >= 15 is 0 Å². The van der Waals surface area contributed by atoms with Crippen LogP contribution in [0.5, 0.6) is 0 Å². The number of H-pyrrole nitrogens is 1. The standard InChI is InChI=1S/C31H23Cl3FN3O3/c1-2-4-25(16-7-10-18(32)11-8-16)38-30(39)17-9-12-19(21(13-17)31(40)41)28-20(5-3-6-22(28)33)29-36-26-14-23(34)24(35)15-27(26)37-29/h3,5-15,25H,2,4H2,1H3,(H,36,37)(H,38,39)(H,40,41). The van der Waals surface area contributed by atoms with E-state index in [1.165, 1.54) is 18.2 Å². The lowest BCUT2D eigenvalue weighted by atomic mass is 9.93. The van der Waals surface area contributed by atoms with Gasteiger partial charge in [-0.3, -0.25) is 4.79 Å². The Morgan fingerprint density at radius 1 is 0.976 bits per heavy atom. The maximum absolute atomic E-state index is 14.0. The van der Waals surface area contributed by atoms with E-state index in [9.17, 15) is 19.1 Å². The Morgan fingerprint density at radius 2 is 1.73 bits per heavy atom. The molecule has 1 atom stereocenters. The second kappa shape index (κ2) is 11.9. The minimum Gasteiger partial charge on any atom is -0.478 e. The van der Waals surface area contributed by atoms with Gasteiger partial charge in [0, 0.05) is 32.8 Å². The summed E-state index contributed by atoms with van der Waals surface area (Å²) >= 11 is 18.6. The van der Waals surface area contributed by atoms with Gasteiger partial charge in [0.1, 0.15) is 11.6 Å². The predicted octanol–water partition coefficient (Wildman–Crippen LogP) is 8.97. The molecule has 0 aliphatic carbocycles. The van der Waals surface area contributed by atoms with Gasteiger partial charge in [0.2, 0.25) is 0 Å². The first kappa shape index (κ1) is 28.6. The van der Waals surface area contributed by atoms with Gasteiger partial charge in [0.05, 0.1) is 27.7 Å². The highest BCUT2D eigenvalue weighted by Gasteiger charge is 2.23. The van der Waals surface area contributed by atoms with Crippen LogP contribution in [0.25, 0.3) is 33.5 Å². The lowest BCUT2D eigenvalue weighted by Crippen LogP contribution is -2.28. The minimum atomic E-state index is -1.23. The number of fused-ring (bicyclic) bond motifs is 1. The number of nitrogens with zero attached hydrogens (tertiary/aromatic N) is 1. The van der Waals surface area contributed by atoms with Gasteiger partial charge >= 0.3 is 5.97 Å². The number of benzene rings is 4. The van der Waals surface area contributed by atoms with E-state index in [1.807, 2.05) is 19.1 Å². The predicted molar refractivity (Wildman–Crippen MR) is 160 cm³/mol. The molecule has 1 aromatic heterocycles. The van der Waals surface area contributed by atoms with Crippen LogP contribution in [-0.4, -0.2) is 27.0 Å². The Hall–Kier alpha value is -3.91. The molecule has 0 fully saturated rings. The van der Waals surface area contributed by atoms with E-state index in [1.54, 1.807) is 42.5 Å². The van der Waals surface area contributed by atoms with Crippen molar-refractivity contribution in [2.24, 2.45) is 0 Å². The van der Waals surface area contributed by atoms with Crippen molar-refractivity contribution >= 4 is 57.7 Å². The molecule has 5 aromatic rings. The van der Waals surface area contributed by atoms with Crippen LogP contribution < -0.4 is 5.32 Å². The highest BCUT2D eigenvalue weighted by Crippen LogP contribution is 2.39. The van der Waals surface area contributed by atoms with Crippen LogP contribution in [0.15, 0.2) is 72.8 Å². The van der Waals surface area contributed by atoms with E-state index in [2.05, 4.69) is 15.3 Å². The maximum atomic E-state index is 14.0. The molecular formula is C31H23Cl3FN3O3. The van der Waals surface area contributed by atoms with Crippen molar-refractivity contribution in [1.82, 2.24) is 15.3 Å². The van der Waals surface area contributed by atoms with Crippen molar-refractivity contribution in [2.45, 2.75) is 25.8 Å². The molecule has 0 aliphatic rings. The van der Waals surface area contributed by atoms with Gasteiger partial charge in [0.25, 0.3) is 5.91 Å². The number of imidazole rings is 1. The summed E-state index contributed by atoms with van der Waals surface area (Å²) in [6.07, 6.45) is 1.51. The lowest BCUT2D eigenvalue weighted by Gasteiger charge is -2.19. The Kier molecular flexibility index (Phi) is 8.31. The lowest BCUT2D eigenvalue weighted by molar-refractivity contribution is 0.0697. The number of carbonyl (C=O) groups excluding carboxylic acids is 1. The number of hydrogen-bond donors (Lipinski definition) is 3. The third-order valence-corrected chi connectivity index (χ3v) is 7.59. The van der Waals surface area contributed by atoms with Crippen LogP contribution in [-0.2, 0) is 0 Å². The second-order valence-electron chi connectivity index (χ2n) is 9.46. The summed E-state index contributed by atoms with van der Waals surface area (Å²) in [6.45, 7) is 2.01. The number of rotatable bonds is 8. The van der Waals surface area contributed by atoms with Gasteiger partial charge in [0.15, 0.2) is 0 Å². The highest BCUT2D eigenvalue weighted by molar-refractivity contribution is 6.34. The quantitative estimate of drug-likeness (QED) is 0.163. The fraction of sp³-hybridized carbons (Fsp3) is 0.129. The first-order valence-corrected chi connectivity index (χ1v) is 13.9. The average molecular weight is 611 g/mol. The van der Waals surface area contributed by atoms with Gasteiger partial charge < -0.3 is 15.4 Å². The van der Waals surface area contributed by atoms with Gasteiger partial charge in [-0.05, 0) is 53.9 Å². The van der Waals surface area contributed by atoms with Gasteiger partial charge in [-0.1, -0.05) is 78.5 Å². The summed E-state index contributed by atoms with van der Waals surface area (Å²) in [5.41, 5.74) is 3.00. The number of carboxylic acids is 1. The Morgan fingerprint density at radius 3 is 2.44 bits per heavy atom. The fourth-order valence-electron chi connectivity index (χ4n) is 4.76. The van der Waals surface area contributed by atoms with E-state index < -0.39 is 17.7 Å². The molecule has 3 N–H and O–H groups in total. The van der Waals surface area contributed by atoms with Gasteiger partial charge in [-0.15, -0.1) is 0 Å². The molecule has 1 heterocycles. The SMILES string of the molecule is CCCC(NC(=O)c1ccc(-c2c(Cl)cccc2-c2nc3cc(Cl)c(F)cc3[nH]2)c(C(=O)O)c1)c1ccc(Cl)cc1. The number of aromatic amines is 1. The molecule has 0 spiro atoms. The Bertz CT molecular complexity index is 1750. The molecule has 6 nitrogen and oxygen atoms in total. The van der Waals surface area contributed by atoms with Gasteiger partial charge in [-0.25, -0.2) is 14.2 Å². The molecule has 0 aliphatic heterocycles. The molecular weight excluding hydrogens is 588 g/mol. The topological polar surface area (TPSA) is 95.1 Å². The second-order valence-corrected chi connectivity index (χ2v) is 10.7. The molecule has 208 valence electrons. The first-order valence-electron chi connectivity index (χ1n) is 12.7. The smallest absolute Gasteiger partial charge is 0.336 e. The number of carbonyl (C=O) groups is 2. The molecule has 5 rings (SSSR count). The third-order valence-electron chi connectivity index (χ3n) is 6.73. The molecule has 1 amide bonds. The van der Waals surface area contributed by atoms with E-state index in [-0.39, 0.29) is 27.2 Å². The largest absolute Gasteiger partial charge is 0.478 e. The van der Waals surface area contributed by atoms with Crippen molar-refractivity contribution in [3.63, 3.8) is 0 Å². The Balaban J connectivity index is 1.55. The molecule has 0 radical (unpaired) electrons. The zero-order chi connectivity index (χ0) is 29.3. The molecule has 0 bridgehead atoms. The Labute approximate surface area is 250 Å². The van der Waals surface area contributed by atoms with Crippen LogP contribution in [0.1, 0.15) is 52.1 Å². The van der Waals surface area contributed by atoms with Crippen LogP contribution in [0.2, 0.25) is 15.1 Å². The molecule has 10 heteroatoms. The summed E-state index contributed by atoms with van der Waals surface area (Å²) in [5.74, 6) is -1.90. The first-order chi connectivity index (χ1) is 19.7. The summed E-state index contributed by atoms with van der Waals surface area (Å²) in [4.78, 5) is 33.3. The maximum Gasteiger partial charge on any atom is 0.336 e. The molecule has 0 saturated heterocycles. The highest BCUT2D eigenvalue weighted by atomic mass is 35.5. The summed E-state index contributed by atoms with van der Waals surface area (Å²) < 4.78 is 14.0. The zero-order valence-corrected chi connectivity index (χ0v) is 23.9.